The Balaban J connectivity index is 1.92. The fourth-order valence-corrected chi connectivity index (χ4v) is 3.14. The molecular weight excluding hydrogens is 304 g/mol. The first kappa shape index (κ1) is 16.5. The smallest absolute Gasteiger partial charge is 0.310 e. The van der Waals surface area contributed by atoms with Gasteiger partial charge in [-0.3, -0.25) is 4.79 Å². The number of piperidine rings is 1. The molecule has 24 heavy (non-hydrogen) atoms. The number of fused-ring (bicyclic) bond motifs is 1. The van der Waals surface area contributed by atoms with Crippen molar-refractivity contribution >= 4 is 28.6 Å². The summed E-state index contributed by atoms with van der Waals surface area (Å²) in [6.07, 6.45) is 1.81. The van der Waals surface area contributed by atoms with Gasteiger partial charge in [0.2, 0.25) is 5.95 Å². The molecule has 1 fully saturated rings. The van der Waals surface area contributed by atoms with E-state index in [0.29, 0.717) is 19.1 Å². The van der Waals surface area contributed by atoms with Gasteiger partial charge in [0.1, 0.15) is 5.82 Å². The van der Waals surface area contributed by atoms with Gasteiger partial charge in [0.25, 0.3) is 0 Å². The normalized spacial score (nSPS) is 17.8. The van der Waals surface area contributed by atoms with Crippen LogP contribution in [0.25, 0.3) is 10.9 Å². The Hall–Kier alpha value is -2.37. The molecule has 1 atom stereocenters. The summed E-state index contributed by atoms with van der Waals surface area (Å²) in [5, 5.41) is 1.03. The topological polar surface area (TPSA) is 58.6 Å². The van der Waals surface area contributed by atoms with Crippen LogP contribution in [0.5, 0.6) is 0 Å². The van der Waals surface area contributed by atoms with Gasteiger partial charge in [-0.15, -0.1) is 0 Å². The molecule has 2 heterocycles. The molecule has 128 valence electrons. The van der Waals surface area contributed by atoms with E-state index in [4.69, 9.17) is 14.7 Å². The largest absolute Gasteiger partial charge is 0.466 e. The number of anilines is 2. The summed E-state index contributed by atoms with van der Waals surface area (Å²) in [7, 11) is 3.96. The molecule has 1 aromatic heterocycles. The Bertz CT molecular complexity index is 732. The molecule has 0 bridgehead atoms. The van der Waals surface area contributed by atoms with E-state index < -0.39 is 0 Å². The molecule has 0 N–H and O–H groups in total. The first-order valence-electron chi connectivity index (χ1n) is 8.46. The van der Waals surface area contributed by atoms with Gasteiger partial charge < -0.3 is 14.5 Å². The Morgan fingerprint density at radius 2 is 2.12 bits per heavy atom. The second-order valence-corrected chi connectivity index (χ2v) is 6.30. The number of hydrogen-bond donors (Lipinski definition) is 0. The van der Waals surface area contributed by atoms with Crippen LogP contribution in [-0.4, -0.2) is 49.7 Å². The summed E-state index contributed by atoms with van der Waals surface area (Å²) in [5.74, 6) is 1.37. The number of carbonyl (C=O) groups is 1. The monoisotopic (exact) mass is 328 g/mol. The summed E-state index contributed by atoms with van der Waals surface area (Å²) in [6, 6.07) is 8.01. The zero-order valence-corrected chi connectivity index (χ0v) is 14.5. The van der Waals surface area contributed by atoms with Crippen LogP contribution in [-0.2, 0) is 9.53 Å². The molecule has 0 aliphatic carbocycles. The van der Waals surface area contributed by atoms with Crippen LogP contribution >= 0.6 is 0 Å². The molecule has 0 spiro atoms. The van der Waals surface area contributed by atoms with Crippen molar-refractivity contribution in [3.05, 3.63) is 24.3 Å². The number of esters is 1. The third kappa shape index (κ3) is 3.27. The second kappa shape index (κ2) is 7.03. The van der Waals surface area contributed by atoms with Gasteiger partial charge in [0, 0.05) is 32.6 Å². The molecule has 0 saturated carbocycles. The minimum atomic E-state index is -0.115. The lowest BCUT2D eigenvalue weighted by molar-refractivity contribution is -0.148. The highest BCUT2D eigenvalue weighted by molar-refractivity contribution is 5.90. The molecule has 1 unspecified atom stereocenters. The van der Waals surface area contributed by atoms with E-state index in [1.54, 1.807) is 0 Å². The number of hydrogen-bond acceptors (Lipinski definition) is 6. The maximum absolute atomic E-state index is 12.1. The maximum atomic E-state index is 12.1. The van der Waals surface area contributed by atoms with Crippen LogP contribution in [0.2, 0.25) is 0 Å². The van der Waals surface area contributed by atoms with Crippen molar-refractivity contribution in [2.45, 2.75) is 19.8 Å². The SMILES string of the molecule is CCOC(=O)C1CCCN(c2nc(N(C)C)c3ccccc3n2)C1. The molecule has 0 amide bonds. The molecular formula is C18H24N4O2. The van der Waals surface area contributed by atoms with Crippen LogP contribution in [0.4, 0.5) is 11.8 Å². The van der Waals surface area contributed by atoms with Gasteiger partial charge in [0.05, 0.1) is 18.0 Å². The third-order valence-corrected chi connectivity index (χ3v) is 4.32. The Morgan fingerprint density at radius 3 is 2.88 bits per heavy atom. The summed E-state index contributed by atoms with van der Waals surface area (Å²) < 4.78 is 5.18. The van der Waals surface area contributed by atoms with E-state index in [1.807, 2.05) is 50.2 Å². The zero-order valence-electron chi connectivity index (χ0n) is 14.5. The standard InChI is InChI=1S/C18H24N4O2/c1-4-24-17(23)13-8-7-11-22(12-13)18-19-15-10-6-5-9-14(15)16(20-18)21(2)3/h5-6,9-10,13H,4,7-8,11-12H2,1-3H3. The molecule has 6 nitrogen and oxygen atoms in total. The number of ether oxygens (including phenoxy) is 1. The van der Waals surface area contributed by atoms with Crippen LogP contribution in [0, 0.1) is 5.92 Å². The van der Waals surface area contributed by atoms with Gasteiger partial charge in [-0.25, -0.2) is 4.98 Å². The summed E-state index contributed by atoms with van der Waals surface area (Å²) in [4.78, 5) is 25.6. The van der Waals surface area contributed by atoms with Crippen molar-refractivity contribution < 1.29 is 9.53 Å². The van der Waals surface area contributed by atoms with Crippen molar-refractivity contribution in [1.82, 2.24) is 9.97 Å². The van der Waals surface area contributed by atoms with Crippen molar-refractivity contribution in [1.29, 1.82) is 0 Å². The quantitative estimate of drug-likeness (QED) is 0.804. The Kier molecular flexibility index (Phi) is 4.83. The lowest BCUT2D eigenvalue weighted by atomic mass is 9.98. The Morgan fingerprint density at radius 1 is 1.33 bits per heavy atom. The molecule has 3 rings (SSSR count). The molecule has 1 saturated heterocycles. The lowest BCUT2D eigenvalue weighted by Gasteiger charge is -2.32. The van der Waals surface area contributed by atoms with Crippen LogP contribution in [0.1, 0.15) is 19.8 Å². The maximum Gasteiger partial charge on any atom is 0.310 e. The lowest BCUT2D eigenvalue weighted by Crippen LogP contribution is -2.40. The van der Waals surface area contributed by atoms with Gasteiger partial charge in [-0.05, 0) is 31.9 Å². The third-order valence-electron chi connectivity index (χ3n) is 4.32. The molecule has 1 aliphatic heterocycles. The highest BCUT2D eigenvalue weighted by Gasteiger charge is 2.28. The van der Waals surface area contributed by atoms with Gasteiger partial charge >= 0.3 is 5.97 Å². The summed E-state index contributed by atoms with van der Waals surface area (Å²) in [6.45, 7) is 3.74. The number of aromatic nitrogens is 2. The van der Waals surface area contributed by atoms with E-state index in [-0.39, 0.29) is 11.9 Å². The van der Waals surface area contributed by atoms with E-state index in [9.17, 15) is 4.79 Å². The van der Waals surface area contributed by atoms with Crippen molar-refractivity contribution in [2.75, 3.05) is 43.6 Å². The van der Waals surface area contributed by atoms with E-state index in [2.05, 4.69) is 4.90 Å². The summed E-state index contributed by atoms with van der Waals surface area (Å²) in [5.41, 5.74) is 0.921. The van der Waals surface area contributed by atoms with Crippen LogP contribution in [0.15, 0.2) is 24.3 Å². The van der Waals surface area contributed by atoms with Crippen molar-refractivity contribution in [3.8, 4) is 0 Å². The van der Waals surface area contributed by atoms with Crippen molar-refractivity contribution in [2.24, 2.45) is 5.92 Å². The molecule has 1 aliphatic rings. The number of benzene rings is 1. The number of nitrogens with zero attached hydrogens (tertiary/aromatic N) is 4. The number of carbonyl (C=O) groups excluding carboxylic acids is 1. The first-order chi connectivity index (χ1) is 11.6. The average Bonchev–Trinajstić information content (AvgIpc) is 2.61. The highest BCUT2D eigenvalue weighted by Crippen LogP contribution is 2.28. The number of rotatable bonds is 4. The van der Waals surface area contributed by atoms with Crippen molar-refractivity contribution in [3.63, 3.8) is 0 Å². The molecule has 0 radical (unpaired) electrons. The minimum Gasteiger partial charge on any atom is -0.466 e. The highest BCUT2D eigenvalue weighted by atomic mass is 16.5. The number of para-hydroxylation sites is 1. The predicted molar refractivity (Wildman–Crippen MR) is 95.4 cm³/mol. The van der Waals surface area contributed by atoms with Crippen LogP contribution < -0.4 is 9.80 Å². The van der Waals surface area contributed by atoms with E-state index in [0.717, 1.165) is 36.1 Å². The fraction of sp³-hybridized carbons (Fsp3) is 0.500. The molecule has 1 aromatic carbocycles. The fourth-order valence-electron chi connectivity index (χ4n) is 3.14. The van der Waals surface area contributed by atoms with E-state index >= 15 is 0 Å². The Labute approximate surface area is 142 Å². The molecule has 2 aromatic rings. The van der Waals surface area contributed by atoms with Gasteiger partial charge in [0.15, 0.2) is 0 Å². The van der Waals surface area contributed by atoms with Gasteiger partial charge in [-0.1, -0.05) is 12.1 Å². The summed E-state index contributed by atoms with van der Waals surface area (Å²) >= 11 is 0. The van der Waals surface area contributed by atoms with E-state index in [1.165, 1.54) is 0 Å². The molecule has 6 heteroatoms. The minimum absolute atomic E-state index is 0.100. The first-order valence-corrected chi connectivity index (χ1v) is 8.46. The zero-order chi connectivity index (χ0) is 17.1. The van der Waals surface area contributed by atoms with Gasteiger partial charge in [-0.2, -0.15) is 4.98 Å². The average molecular weight is 328 g/mol. The predicted octanol–water partition coefficient (Wildman–Crippen LogP) is 2.48. The van der Waals surface area contributed by atoms with Crippen LogP contribution in [0.3, 0.4) is 0 Å². The second-order valence-electron chi connectivity index (χ2n) is 6.30.